The number of pyridine rings is 1. The van der Waals surface area contributed by atoms with Crippen LogP contribution in [0.5, 0.6) is 0 Å². The van der Waals surface area contributed by atoms with Gasteiger partial charge in [0.1, 0.15) is 0 Å². The number of rotatable bonds is 6. The lowest BCUT2D eigenvalue weighted by Crippen LogP contribution is -2.28. The molecular weight excluding hydrogens is 416 g/mol. The fraction of sp³-hybridized carbons (Fsp3) is 0.167. The summed E-state index contributed by atoms with van der Waals surface area (Å²) in [6.07, 6.45) is 1.60. The lowest BCUT2D eigenvalue weighted by atomic mass is 9.99. The van der Waals surface area contributed by atoms with Crippen LogP contribution in [0.3, 0.4) is 0 Å². The van der Waals surface area contributed by atoms with Crippen molar-refractivity contribution in [2.45, 2.75) is 26.3 Å². The smallest absolute Gasteiger partial charge is 0.335 e. The molecule has 6 nitrogen and oxygen atoms in total. The fourth-order valence-corrected chi connectivity index (χ4v) is 3.58. The van der Waals surface area contributed by atoms with Gasteiger partial charge in [-0.15, -0.1) is 0 Å². The van der Waals surface area contributed by atoms with E-state index in [4.69, 9.17) is 16.7 Å². The molecule has 0 saturated heterocycles. The van der Waals surface area contributed by atoms with E-state index in [1.54, 1.807) is 50.2 Å². The topological polar surface area (TPSA) is 100 Å². The molecule has 1 heterocycles. The molecule has 0 saturated carbocycles. The van der Waals surface area contributed by atoms with E-state index in [2.05, 4.69) is 6.07 Å². The number of carboxylic acids is 1. The highest BCUT2D eigenvalue weighted by molar-refractivity contribution is 6.30. The largest absolute Gasteiger partial charge is 0.478 e. The molecule has 3 rings (SSSR count). The quantitative estimate of drug-likeness (QED) is 0.619. The van der Waals surface area contributed by atoms with Crippen LogP contribution in [-0.4, -0.2) is 21.4 Å². The minimum absolute atomic E-state index is 0.0724. The molecule has 156 valence electrons. The van der Waals surface area contributed by atoms with Crippen molar-refractivity contribution in [3.05, 3.63) is 92.4 Å². The number of carbonyl (C=O) groups is 2. The summed E-state index contributed by atoms with van der Waals surface area (Å²) in [6, 6.07) is 14.0. The van der Waals surface area contributed by atoms with Crippen LogP contribution >= 0.6 is 11.6 Å². The number of ketones is 1. The second kappa shape index (κ2) is 8.99. The van der Waals surface area contributed by atoms with Gasteiger partial charge in [-0.25, -0.2) is 4.79 Å². The monoisotopic (exact) mass is 434 g/mol. The summed E-state index contributed by atoms with van der Waals surface area (Å²) in [5.41, 5.74) is 2.55. The molecule has 0 radical (unpaired) electrons. The summed E-state index contributed by atoms with van der Waals surface area (Å²) in [5, 5.41) is 18.9. The van der Waals surface area contributed by atoms with Crippen molar-refractivity contribution in [1.82, 2.24) is 4.57 Å². The molecule has 0 aliphatic carbocycles. The second-order valence-electron chi connectivity index (χ2n) is 7.24. The van der Waals surface area contributed by atoms with Crippen LogP contribution in [0.4, 0.5) is 0 Å². The summed E-state index contributed by atoms with van der Waals surface area (Å²) in [6.45, 7) is 3.32. The van der Waals surface area contributed by atoms with Crippen LogP contribution in [0, 0.1) is 18.3 Å². The number of benzene rings is 2. The predicted molar refractivity (Wildman–Crippen MR) is 117 cm³/mol. The Hall–Kier alpha value is -3.69. The molecule has 0 amide bonds. The SMILES string of the molecule is Cc1cc(CC(=O)C(C)n2ccc(-c3cc(Cl)ccc3C#N)cc2=O)ccc1C(=O)O. The third-order valence-electron chi connectivity index (χ3n) is 5.14. The van der Waals surface area contributed by atoms with Crippen molar-refractivity contribution in [3.8, 4) is 17.2 Å². The molecule has 0 spiro atoms. The van der Waals surface area contributed by atoms with Gasteiger partial charge in [-0.05, 0) is 60.9 Å². The van der Waals surface area contributed by atoms with Crippen LogP contribution < -0.4 is 5.56 Å². The van der Waals surface area contributed by atoms with E-state index >= 15 is 0 Å². The summed E-state index contributed by atoms with van der Waals surface area (Å²) in [4.78, 5) is 36.6. The molecule has 1 unspecified atom stereocenters. The number of carbonyl (C=O) groups excluding carboxylic acids is 1. The van der Waals surface area contributed by atoms with Crippen molar-refractivity contribution >= 4 is 23.4 Å². The van der Waals surface area contributed by atoms with E-state index in [0.29, 0.717) is 32.8 Å². The number of nitrogens with zero attached hydrogens (tertiary/aromatic N) is 2. The average molecular weight is 435 g/mol. The van der Waals surface area contributed by atoms with Crippen LogP contribution in [0.25, 0.3) is 11.1 Å². The molecule has 1 N–H and O–H groups in total. The molecule has 3 aromatic rings. The van der Waals surface area contributed by atoms with E-state index in [1.807, 2.05) is 0 Å². The van der Waals surface area contributed by atoms with Crippen LogP contribution in [0.1, 0.15) is 40.0 Å². The maximum atomic E-state index is 12.8. The molecule has 0 aliphatic heterocycles. The van der Waals surface area contributed by atoms with Crippen LogP contribution in [-0.2, 0) is 11.2 Å². The van der Waals surface area contributed by atoms with Crippen molar-refractivity contribution in [1.29, 1.82) is 5.26 Å². The van der Waals surface area contributed by atoms with Gasteiger partial charge in [0.2, 0.25) is 0 Å². The van der Waals surface area contributed by atoms with Gasteiger partial charge >= 0.3 is 5.97 Å². The lowest BCUT2D eigenvalue weighted by molar-refractivity contribution is -0.121. The van der Waals surface area contributed by atoms with Gasteiger partial charge in [-0.2, -0.15) is 5.26 Å². The Bertz CT molecular complexity index is 1290. The summed E-state index contributed by atoms with van der Waals surface area (Å²) in [5.74, 6) is -1.20. The minimum atomic E-state index is -1.02. The molecule has 0 aliphatic rings. The highest BCUT2D eigenvalue weighted by Gasteiger charge is 2.18. The zero-order valence-corrected chi connectivity index (χ0v) is 17.7. The first kappa shape index (κ1) is 22.0. The van der Waals surface area contributed by atoms with Gasteiger partial charge in [0.25, 0.3) is 5.56 Å². The number of aromatic carboxylic acids is 1. The molecule has 0 fully saturated rings. The number of aryl methyl sites for hydroxylation is 1. The van der Waals surface area contributed by atoms with Gasteiger partial charge in [0, 0.05) is 29.3 Å². The Kier molecular flexibility index (Phi) is 6.38. The normalized spacial score (nSPS) is 11.5. The number of hydrogen-bond donors (Lipinski definition) is 1. The van der Waals surface area contributed by atoms with Gasteiger partial charge < -0.3 is 9.67 Å². The molecule has 1 atom stereocenters. The van der Waals surface area contributed by atoms with E-state index in [1.165, 1.54) is 22.9 Å². The third-order valence-corrected chi connectivity index (χ3v) is 5.38. The number of Topliss-reactive ketones (excluding diaryl/α,β-unsaturated/α-hetero) is 1. The summed E-state index contributed by atoms with van der Waals surface area (Å²) in [7, 11) is 0. The van der Waals surface area contributed by atoms with E-state index < -0.39 is 12.0 Å². The van der Waals surface area contributed by atoms with Crippen molar-refractivity contribution in [2.24, 2.45) is 0 Å². The van der Waals surface area contributed by atoms with E-state index in [9.17, 15) is 19.6 Å². The first-order chi connectivity index (χ1) is 14.7. The molecule has 0 bridgehead atoms. The second-order valence-corrected chi connectivity index (χ2v) is 7.67. The summed E-state index contributed by atoms with van der Waals surface area (Å²) < 4.78 is 1.33. The van der Waals surface area contributed by atoms with Gasteiger partial charge in [-0.3, -0.25) is 9.59 Å². The standard InChI is InChI=1S/C24H19ClN2O4/c1-14-9-16(3-6-20(14)24(30)31)10-22(28)15(2)27-8-7-17(11-23(27)29)21-12-19(25)5-4-18(21)13-26/h3-9,11-12,15H,10H2,1-2H3,(H,30,31). The fourth-order valence-electron chi connectivity index (χ4n) is 3.41. The Morgan fingerprint density at radius 2 is 1.90 bits per heavy atom. The van der Waals surface area contributed by atoms with E-state index in [-0.39, 0.29) is 23.3 Å². The Morgan fingerprint density at radius 3 is 2.52 bits per heavy atom. The Morgan fingerprint density at radius 1 is 1.16 bits per heavy atom. The maximum Gasteiger partial charge on any atom is 0.335 e. The first-order valence-corrected chi connectivity index (χ1v) is 9.87. The van der Waals surface area contributed by atoms with E-state index in [0.717, 1.165) is 0 Å². The number of halogens is 1. The Balaban J connectivity index is 1.85. The number of hydrogen-bond acceptors (Lipinski definition) is 4. The van der Waals surface area contributed by atoms with Crippen LogP contribution in [0.2, 0.25) is 5.02 Å². The number of aromatic nitrogens is 1. The first-order valence-electron chi connectivity index (χ1n) is 9.49. The van der Waals surface area contributed by atoms with Crippen molar-refractivity contribution in [2.75, 3.05) is 0 Å². The minimum Gasteiger partial charge on any atom is -0.478 e. The summed E-state index contributed by atoms with van der Waals surface area (Å²) >= 11 is 6.03. The Labute approximate surface area is 184 Å². The number of nitriles is 1. The molecule has 1 aromatic heterocycles. The van der Waals surface area contributed by atoms with Crippen molar-refractivity contribution in [3.63, 3.8) is 0 Å². The van der Waals surface area contributed by atoms with Crippen LogP contribution in [0.15, 0.2) is 59.5 Å². The number of carboxylic acid groups (broad SMARTS) is 1. The molecule has 7 heteroatoms. The molecular formula is C24H19ClN2O4. The molecule has 31 heavy (non-hydrogen) atoms. The zero-order valence-electron chi connectivity index (χ0n) is 16.9. The highest BCUT2D eigenvalue weighted by atomic mass is 35.5. The average Bonchev–Trinajstić information content (AvgIpc) is 2.73. The van der Waals surface area contributed by atoms with Gasteiger partial charge in [-0.1, -0.05) is 23.7 Å². The van der Waals surface area contributed by atoms with Gasteiger partial charge in [0.05, 0.1) is 23.2 Å². The highest BCUT2D eigenvalue weighted by Crippen LogP contribution is 2.26. The predicted octanol–water partition coefficient (Wildman–Crippen LogP) is 4.42. The zero-order chi connectivity index (χ0) is 22.7. The van der Waals surface area contributed by atoms with Crippen molar-refractivity contribution < 1.29 is 14.7 Å². The lowest BCUT2D eigenvalue weighted by Gasteiger charge is -2.15. The molecule has 2 aromatic carbocycles. The maximum absolute atomic E-state index is 12.8. The third kappa shape index (κ3) is 4.73. The van der Waals surface area contributed by atoms with Gasteiger partial charge in [0.15, 0.2) is 5.78 Å².